The molecule has 2 aliphatic heterocycles. The van der Waals surface area contributed by atoms with Crippen LogP contribution in [0.25, 0.3) is 11.1 Å². The number of nitriles is 2. The van der Waals surface area contributed by atoms with Crippen molar-refractivity contribution in [3.63, 3.8) is 0 Å². The van der Waals surface area contributed by atoms with E-state index < -0.39 is 23.7 Å². The summed E-state index contributed by atoms with van der Waals surface area (Å²) in [6.45, 7) is 5.97. The number of hydrogen-bond donors (Lipinski definition) is 2. The Morgan fingerprint density at radius 2 is 1.09 bits per heavy atom. The standard InChI is InChI=1S/C44H54ClFN6O2/c45-37-9-5-33(6-10-37)35-19-25-51(26-20-35)23-17-31-1-13-39(14-2-31)49-43(53)41(29-47)42(30-48)44(54)50-40-15-3-32(4-16-40)18-24-52-27-21-36(22-28-52)34-7-11-38(46)12-8-34/h5-12,19,21,31-32,39-42H,1-4,13-18,20,22-28H2,(H,49,53)(H,50,54). The van der Waals surface area contributed by atoms with E-state index >= 15 is 0 Å². The first-order chi connectivity index (χ1) is 26.3. The van der Waals surface area contributed by atoms with E-state index in [1.54, 1.807) is 0 Å². The highest BCUT2D eigenvalue weighted by Crippen LogP contribution is 2.31. The molecule has 0 saturated heterocycles. The molecular formula is C44H54ClFN6O2. The second kappa shape index (κ2) is 19.5. The highest BCUT2D eigenvalue weighted by molar-refractivity contribution is 6.30. The van der Waals surface area contributed by atoms with Gasteiger partial charge in [0, 0.05) is 43.3 Å². The smallest absolute Gasteiger partial charge is 0.239 e. The predicted octanol–water partition coefficient (Wildman–Crippen LogP) is 7.77. The Bertz CT molecular complexity index is 1590. The number of hydrogen-bond acceptors (Lipinski definition) is 6. The summed E-state index contributed by atoms with van der Waals surface area (Å²) in [6.07, 6.45) is 16.2. The molecule has 2 aromatic carbocycles. The van der Waals surface area contributed by atoms with Gasteiger partial charge >= 0.3 is 0 Å². The summed E-state index contributed by atoms with van der Waals surface area (Å²) in [5.41, 5.74) is 5.00. The van der Waals surface area contributed by atoms with E-state index in [1.165, 1.54) is 28.8 Å². The van der Waals surface area contributed by atoms with Gasteiger partial charge in [0.1, 0.15) is 17.7 Å². The Labute approximate surface area is 325 Å². The first-order valence-electron chi connectivity index (χ1n) is 20.0. The fourth-order valence-corrected chi connectivity index (χ4v) is 8.88. The van der Waals surface area contributed by atoms with Crippen LogP contribution in [0.15, 0.2) is 60.7 Å². The van der Waals surface area contributed by atoms with Gasteiger partial charge in [-0.1, -0.05) is 48.0 Å². The molecule has 4 aliphatic rings. The zero-order valence-electron chi connectivity index (χ0n) is 31.3. The van der Waals surface area contributed by atoms with Gasteiger partial charge in [-0.05, 0) is 149 Å². The predicted molar refractivity (Wildman–Crippen MR) is 211 cm³/mol. The molecule has 2 saturated carbocycles. The molecule has 286 valence electrons. The van der Waals surface area contributed by atoms with Crippen LogP contribution in [0.2, 0.25) is 5.02 Å². The summed E-state index contributed by atoms with van der Waals surface area (Å²) in [5, 5.41) is 26.6. The second-order valence-corrected chi connectivity index (χ2v) is 16.3. The van der Waals surface area contributed by atoms with E-state index in [2.05, 4.69) is 44.7 Å². The Balaban J connectivity index is 0.860. The maximum absolute atomic E-state index is 13.3. The van der Waals surface area contributed by atoms with Crippen LogP contribution in [0.4, 0.5) is 4.39 Å². The lowest BCUT2D eigenvalue weighted by molar-refractivity contribution is -0.132. The Morgan fingerprint density at radius 3 is 1.46 bits per heavy atom. The van der Waals surface area contributed by atoms with Crippen molar-refractivity contribution < 1.29 is 14.0 Å². The number of nitrogens with one attached hydrogen (secondary N) is 2. The zero-order chi connectivity index (χ0) is 37.9. The zero-order valence-corrected chi connectivity index (χ0v) is 32.1. The number of amides is 2. The van der Waals surface area contributed by atoms with Crippen LogP contribution in [0, 0.1) is 52.2 Å². The number of carbonyl (C=O) groups excluding carboxylic acids is 2. The average molecular weight is 753 g/mol. The number of carbonyl (C=O) groups is 2. The van der Waals surface area contributed by atoms with Crippen molar-refractivity contribution in [1.29, 1.82) is 10.5 Å². The molecule has 2 amide bonds. The van der Waals surface area contributed by atoms with Gasteiger partial charge in [0.15, 0.2) is 0 Å². The van der Waals surface area contributed by atoms with Gasteiger partial charge in [-0.3, -0.25) is 19.4 Å². The summed E-state index contributed by atoms with van der Waals surface area (Å²) in [5.74, 6) is -2.74. The van der Waals surface area contributed by atoms with E-state index in [-0.39, 0.29) is 17.9 Å². The number of nitrogens with zero attached hydrogens (tertiary/aromatic N) is 4. The van der Waals surface area contributed by atoms with Crippen molar-refractivity contribution in [2.24, 2.45) is 23.7 Å². The molecule has 0 bridgehead atoms. The average Bonchev–Trinajstić information content (AvgIpc) is 3.20. The quantitative estimate of drug-likeness (QED) is 0.216. The van der Waals surface area contributed by atoms with Crippen molar-refractivity contribution >= 4 is 34.6 Å². The molecule has 0 radical (unpaired) electrons. The molecule has 2 aliphatic carbocycles. The molecule has 2 aromatic rings. The minimum atomic E-state index is -1.34. The second-order valence-electron chi connectivity index (χ2n) is 15.8. The highest BCUT2D eigenvalue weighted by Gasteiger charge is 2.37. The molecule has 10 heteroatoms. The van der Waals surface area contributed by atoms with Crippen molar-refractivity contribution in [2.45, 2.75) is 89.1 Å². The third kappa shape index (κ3) is 11.0. The SMILES string of the molecule is N#CC(C(=O)NC1CCC(CCN2CC=C(c3ccc(F)cc3)CC2)CC1)C(C#N)C(=O)NC1CCC(CCN2CC=C(c3ccc(Cl)cc3)CC2)CC1. The van der Waals surface area contributed by atoms with Gasteiger partial charge in [-0.2, -0.15) is 10.5 Å². The highest BCUT2D eigenvalue weighted by atomic mass is 35.5. The molecule has 0 aromatic heterocycles. The largest absolute Gasteiger partial charge is 0.352 e. The number of halogens is 2. The molecule has 8 nitrogen and oxygen atoms in total. The van der Waals surface area contributed by atoms with Crippen molar-refractivity contribution in [2.75, 3.05) is 39.3 Å². The van der Waals surface area contributed by atoms with Gasteiger partial charge in [0.2, 0.25) is 11.8 Å². The van der Waals surface area contributed by atoms with Crippen LogP contribution in [0.3, 0.4) is 0 Å². The first-order valence-corrected chi connectivity index (χ1v) is 20.4. The van der Waals surface area contributed by atoms with Crippen molar-refractivity contribution in [1.82, 2.24) is 20.4 Å². The van der Waals surface area contributed by atoms with Gasteiger partial charge < -0.3 is 10.6 Å². The van der Waals surface area contributed by atoms with Crippen LogP contribution in [0.1, 0.15) is 88.2 Å². The van der Waals surface area contributed by atoms with Crippen LogP contribution in [0.5, 0.6) is 0 Å². The van der Waals surface area contributed by atoms with Gasteiger partial charge in [-0.25, -0.2) is 4.39 Å². The van der Waals surface area contributed by atoms with Crippen LogP contribution < -0.4 is 10.6 Å². The topological polar surface area (TPSA) is 112 Å². The minimum absolute atomic E-state index is 0.0417. The first kappa shape index (κ1) is 39.7. The molecule has 0 spiro atoms. The van der Waals surface area contributed by atoms with E-state index in [0.717, 1.165) is 127 Å². The Morgan fingerprint density at radius 1 is 0.685 bits per heavy atom. The van der Waals surface area contributed by atoms with E-state index in [9.17, 15) is 24.5 Å². The number of benzene rings is 2. The van der Waals surface area contributed by atoms with Crippen molar-refractivity contribution in [3.8, 4) is 12.1 Å². The molecule has 6 rings (SSSR count). The maximum atomic E-state index is 13.3. The molecule has 54 heavy (non-hydrogen) atoms. The lowest BCUT2D eigenvalue weighted by Gasteiger charge is -2.33. The van der Waals surface area contributed by atoms with Crippen LogP contribution in [-0.2, 0) is 9.59 Å². The normalized spacial score (nSPS) is 24.9. The van der Waals surface area contributed by atoms with Gasteiger partial charge in [0.05, 0.1) is 12.1 Å². The fraction of sp³-hybridized carbons (Fsp3) is 0.545. The summed E-state index contributed by atoms with van der Waals surface area (Å²) in [7, 11) is 0. The third-order valence-electron chi connectivity index (χ3n) is 12.3. The van der Waals surface area contributed by atoms with Gasteiger partial charge in [-0.15, -0.1) is 0 Å². The Kier molecular flexibility index (Phi) is 14.3. The van der Waals surface area contributed by atoms with Crippen LogP contribution in [-0.4, -0.2) is 73.0 Å². The molecule has 2 atom stereocenters. The molecule has 2 heterocycles. The van der Waals surface area contributed by atoms with E-state index in [1.807, 2.05) is 36.4 Å². The lowest BCUT2D eigenvalue weighted by atomic mass is 9.83. The fourth-order valence-electron chi connectivity index (χ4n) is 8.75. The monoisotopic (exact) mass is 752 g/mol. The molecule has 2 fully saturated rings. The Hall–Kier alpha value is -4.02. The number of rotatable bonds is 13. The van der Waals surface area contributed by atoms with Crippen LogP contribution >= 0.6 is 11.6 Å². The molecular weight excluding hydrogens is 699 g/mol. The van der Waals surface area contributed by atoms with Gasteiger partial charge in [0.25, 0.3) is 0 Å². The third-order valence-corrected chi connectivity index (χ3v) is 12.5. The molecule has 2 unspecified atom stereocenters. The van der Waals surface area contributed by atoms with E-state index in [0.29, 0.717) is 11.8 Å². The van der Waals surface area contributed by atoms with E-state index in [4.69, 9.17) is 11.6 Å². The summed E-state index contributed by atoms with van der Waals surface area (Å²) >= 11 is 6.05. The van der Waals surface area contributed by atoms with Crippen molar-refractivity contribution in [3.05, 3.63) is 82.6 Å². The maximum Gasteiger partial charge on any atom is 0.239 e. The lowest BCUT2D eigenvalue weighted by Crippen LogP contribution is -2.47. The summed E-state index contributed by atoms with van der Waals surface area (Å²) < 4.78 is 13.3. The summed E-state index contributed by atoms with van der Waals surface area (Å²) in [6, 6.07) is 18.7. The minimum Gasteiger partial charge on any atom is -0.352 e. The molecule has 2 N–H and O–H groups in total. The summed E-state index contributed by atoms with van der Waals surface area (Å²) in [4.78, 5) is 31.4.